The van der Waals surface area contributed by atoms with E-state index in [9.17, 15) is 18.4 Å². The first-order valence-corrected chi connectivity index (χ1v) is 8.62. The molecule has 0 bridgehead atoms. The molecule has 2 aromatic carbocycles. The first-order chi connectivity index (χ1) is 12.9. The van der Waals surface area contributed by atoms with Crippen molar-refractivity contribution in [2.75, 3.05) is 11.9 Å². The average Bonchev–Trinajstić information content (AvgIpc) is 3.11. The molecular weight excluding hydrogens is 356 g/mol. The number of halogens is 2. The molecule has 0 unspecified atom stereocenters. The van der Waals surface area contributed by atoms with Crippen molar-refractivity contribution in [3.05, 3.63) is 59.7 Å². The predicted molar refractivity (Wildman–Crippen MR) is 94.7 cm³/mol. The van der Waals surface area contributed by atoms with Crippen LogP contribution in [0.25, 0.3) is 0 Å². The summed E-state index contributed by atoms with van der Waals surface area (Å²) in [6.45, 7) is -0.498. The number of hydrogen-bond donors (Lipinski definition) is 2. The van der Waals surface area contributed by atoms with Gasteiger partial charge in [-0.25, -0.2) is 13.6 Å². The minimum absolute atomic E-state index is 0.192. The van der Waals surface area contributed by atoms with Gasteiger partial charge in [0.2, 0.25) is 5.91 Å². The quantitative estimate of drug-likeness (QED) is 0.804. The Morgan fingerprint density at radius 2 is 1.85 bits per heavy atom. The normalized spacial score (nSPS) is 15.3. The fraction of sp³-hybridized carbons (Fsp3) is 0.300. The Labute approximate surface area is 155 Å². The molecule has 5 nitrogen and oxygen atoms in total. The van der Waals surface area contributed by atoms with Crippen LogP contribution in [0.3, 0.4) is 0 Å². The number of rotatable bonds is 6. The van der Waals surface area contributed by atoms with E-state index in [1.807, 2.05) is 0 Å². The fourth-order valence-corrected chi connectivity index (χ4v) is 3.53. The maximum absolute atomic E-state index is 14.4. The highest BCUT2D eigenvalue weighted by Gasteiger charge is 2.44. The van der Waals surface area contributed by atoms with Gasteiger partial charge in [-0.05, 0) is 31.0 Å². The molecule has 1 saturated carbocycles. The maximum Gasteiger partial charge on any atom is 0.341 e. The van der Waals surface area contributed by atoms with Crippen LogP contribution in [0, 0.1) is 11.6 Å². The van der Waals surface area contributed by atoms with Crippen molar-refractivity contribution < 1.29 is 28.2 Å². The molecule has 3 rings (SSSR count). The number of anilines is 1. The monoisotopic (exact) mass is 375 g/mol. The van der Waals surface area contributed by atoms with Crippen LogP contribution in [0.2, 0.25) is 0 Å². The zero-order chi connectivity index (χ0) is 19.4. The van der Waals surface area contributed by atoms with Gasteiger partial charge in [0, 0.05) is 23.4 Å². The van der Waals surface area contributed by atoms with Gasteiger partial charge < -0.3 is 15.2 Å². The predicted octanol–water partition coefficient (Wildman–Crippen LogP) is 3.88. The minimum atomic E-state index is -1.11. The first kappa shape index (κ1) is 18.8. The number of carbonyl (C=O) groups excluding carboxylic acids is 1. The van der Waals surface area contributed by atoms with Gasteiger partial charge in [0.15, 0.2) is 6.61 Å². The number of carboxylic acid groups (broad SMARTS) is 1. The second-order valence-corrected chi connectivity index (χ2v) is 6.58. The van der Waals surface area contributed by atoms with Gasteiger partial charge in [0.1, 0.15) is 17.4 Å². The zero-order valence-electron chi connectivity index (χ0n) is 14.5. The largest absolute Gasteiger partial charge is 0.482 e. The fourth-order valence-electron chi connectivity index (χ4n) is 3.53. The van der Waals surface area contributed by atoms with E-state index in [-0.39, 0.29) is 11.5 Å². The number of carbonyl (C=O) groups is 2. The van der Waals surface area contributed by atoms with Crippen LogP contribution in [-0.2, 0) is 15.0 Å². The van der Waals surface area contributed by atoms with Gasteiger partial charge in [-0.15, -0.1) is 0 Å². The number of carboxylic acids is 1. The smallest absolute Gasteiger partial charge is 0.341 e. The van der Waals surface area contributed by atoms with Crippen LogP contribution in [0.4, 0.5) is 14.5 Å². The number of ether oxygens (including phenoxy) is 1. The molecule has 27 heavy (non-hydrogen) atoms. The van der Waals surface area contributed by atoms with E-state index in [1.54, 1.807) is 18.2 Å². The van der Waals surface area contributed by atoms with Gasteiger partial charge in [0.05, 0.1) is 5.41 Å². The molecule has 0 saturated heterocycles. The molecule has 0 aliphatic heterocycles. The average molecular weight is 375 g/mol. The van der Waals surface area contributed by atoms with Crippen LogP contribution >= 0.6 is 0 Å². The molecule has 0 radical (unpaired) electrons. The molecule has 1 aliphatic rings. The van der Waals surface area contributed by atoms with Crippen molar-refractivity contribution in [1.29, 1.82) is 0 Å². The third-order valence-corrected chi connectivity index (χ3v) is 4.79. The van der Waals surface area contributed by atoms with Gasteiger partial charge in [0.25, 0.3) is 0 Å². The minimum Gasteiger partial charge on any atom is -0.482 e. The molecule has 142 valence electrons. The Hall–Kier alpha value is -2.96. The summed E-state index contributed by atoms with van der Waals surface area (Å²) >= 11 is 0. The lowest BCUT2D eigenvalue weighted by Gasteiger charge is -2.28. The van der Waals surface area contributed by atoms with E-state index in [0.717, 1.165) is 25.0 Å². The Kier molecular flexibility index (Phi) is 5.39. The highest BCUT2D eigenvalue weighted by atomic mass is 19.1. The van der Waals surface area contributed by atoms with E-state index < -0.39 is 29.6 Å². The summed E-state index contributed by atoms with van der Waals surface area (Å²) in [5.41, 5.74) is -0.454. The van der Waals surface area contributed by atoms with Crippen molar-refractivity contribution in [3.63, 3.8) is 0 Å². The van der Waals surface area contributed by atoms with Crippen LogP contribution in [0.1, 0.15) is 31.2 Å². The van der Waals surface area contributed by atoms with E-state index in [4.69, 9.17) is 9.84 Å². The van der Waals surface area contributed by atoms with Gasteiger partial charge >= 0.3 is 5.97 Å². The highest BCUT2D eigenvalue weighted by Crippen LogP contribution is 2.43. The summed E-state index contributed by atoms with van der Waals surface area (Å²) < 4.78 is 32.8. The van der Waals surface area contributed by atoms with Crippen LogP contribution in [0.5, 0.6) is 5.75 Å². The maximum atomic E-state index is 14.4. The van der Waals surface area contributed by atoms with E-state index in [2.05, 4.69) is 5.32 Å². The van der Waals surface area contributed by atoms with Crippen LogP contribution < -0.4 is 10.1 Å². The Morgan fingerprint density at radius 1 is 1.11 bits per heavy atom. The van der Waals surface area contributed by atoms with Gasteiger partial charge in [-0.2, -0.15) is 0 Å². The molecule has 1 amide bonds. The van der Waals surface area contributed by atoms with Gasteiger partial charge in [-0.1, -0.05) is 25.0 Å². The summed E-state index contributed by atoms with van der Waals surface area (Å²) in [6.07, 6.45) is 2.48. The standard InChI is InChI=1S/C20H19F2NO4/c21-13-6-7-16(17(22)10-13)20(8-1-2-9-20)19(26)23-14-4-3-5-15(11-14)27-12-18(24)25/h3-7,10-11H,1-2,8-9,12H2,(H,23,26)(H,24,25). The molecule has 0 atom stereocenters. The number of nitrogens with one attached hydrogen (secondary N) is 1. The molecule has 2 aromatic rings. The number of benzene rings is 2. The Bertz CT molecular complexity index is 863. The van der Waals surface area contributed by atoms with Crippen molar-refractivity contribution in [1.82, 2.24) is 0 Å². The van der Waals surface area contributed by atoms with Crippen molar-refractivity contribution in [2.45, 2.75) is 31.1 Å². The first-order valence-electron chi connectivity index (χ1n) is 8.62. The second-order valence-electron chi connectivity index (χ2n) is 6.58. The summed E-state index contributed by atoms with van der Waals surface area (Å²) in [5, 5.41) is 11.4. The SMILES string of the molecule is O=C(O)COc1cccc(NC(=O)C2(c3ccc(F)cc3F)CCCC2)c1. The van der Waals surface area contributed by atoms with Crippen LogP contribution in [0.15, 0.2) is 42.5 Å². The molecular formula is C20H19F2NO4. The molecule has 0 spiro atoms. The number of aliphatic carboxylic acids is 1. The van der Waals surface area contributed by atoms with E-state index in [0.29, 0.717) is 24.3 Å². The summed E-state index contributed by atoms with van der Waals surface area (Å²) in [4.78, 5) is 23.7. The highest BCUT2D eigenvalue weighted by molar-refractivity contribution is 5.99. The van der Waals surface area contributed by atoms with Crippen LogP contribution in [-0.4, -0.2) is 23.6 Å². The zero-order valence-corrected chi connectivity index (χ0v) is 14.5. The summed E-state index contributed by atoms with van der Waals surface area (Å²) in [7, 11) is 0. The topological polar surface area (TPSA) is 75.6 Å². The lowest BCUT2D eigenvalue weighted by atomic mass is 9.77. The molecule has 2 N–H and O–H groups in total. The molecule has 1 aliphatic carbocycles. The number of amides is 1. The van der Waals surface area contributed by atoms with E-state index >= 15 is 0 Å². The van der Waals surface area contributed by atoms with Crippen molar-refractivity contribution >= 4 is 17.6 Å². The van der Waals surface area contributed by atoms with Crippen molar-refractivity contribution in [3.8, 4) is 5.75 Å². The molecule has 7 heteroatoms. The Morgan fingerprint density at radius 3 is 2.52 bits per heavy atom. The van der Waals surface area contributed by atoms with Crippen molar-refractivity contribution in [2.24, 2.45) is 0 Å². The second kappa shape index (κ2) is 7.73. The van der Waals surface area contributed by atoms with E-state index in [1.165, 1.54) is 12.1 Å². The molecule has 0 heterocycles. The number of hydrogen-bond acceptors (Lipinski definition) is 3. The summed E-state index contributed by atoms with van der Waals surface area (Å²) in [5.74, 6) is -2.61. The Balaban J connectivity index is 1.84. The third-order valence-electron chi connectivity index (χ3n) is 4.79. The van der Waals surface area contributed by atoms with Gasteiger partial charge in [-0.3, -0.25) is 4.79 Å². The molecule has 0 aromatic heterocycles. The summed E-state index contributed by atoms with van der Waals surface area (Å²) in [6, 6.07) is 9.62. The lowest BCUT2D eigenvalue weighted by molar-refractivity contribution is -0.139. The third kappa shape index (κ3) is 4.07. The molecule has 1 fully saturated rings. The lowest BCUT2D eigenvalue weighted by Crippen LogP contribution is -2.38.